The smallest absolute Gasteiger partial charge is 0.319 e. The monoisotopic (exact) mass is 262 g/mol. The van der Waals surface area contributed by atoms with E-state index in [0.29, 0.717) is 30.6 Å². The molecule has 1 aromatic rings. The first kappa shape index (κ1) is 12.1. The molecule has 2 aliphatic rings. The number of amides is 2. The van der Waals surface area contributed by atoms with Gasteiger partial charge in [0.25, 0.3) is 0 Å². The third-order valence-corrected chi connectivity index (χ3v) is 3.49. The third kappa shape index (κ3) is 2.92. The average molecular weight is 262 g/mol. The van der Waals surface area contributed by atoms with Crippen molar-refractivity contribution in [2.75, 3.05) is 18.5 Å². The van der Waals surface area contributed by atoms with E-state index in [4.69, 9.17) is 9.47 Å². The van der Waals surface area contributed by atoms with E-state index in [1.54, 1.807) is 6.07 Å². The Balaban J connectivity index is 1.60. The van der Waals surface area contributed by atoms with E-state index in [9.17, 15) is 4.79 Å². The number of carbonyl (C=O) groups is 1. The summed E-state index contributed by atoms with van der Waals surface area (Å²) in [6, 6.07) is 5.48. The number of anilines is 1. The normalized spacial score (nSPS) is 18.6. The highest BCUT2D eigenvalue weighted by Crippen LogP contribution is 2.33. The van der Waals surface area contributed by atoms with Gasteiger partial charge in [0.2, 0.25) is 0 Å². The third-order valence-electron chi connectivity index (χ3n) is 3.49. The maximum absolute atomic E-state index is 11.8. The van der Waals surface area contributed by atoms with Crippen molar-refractivity contribution in [3.05, 3.63) is 18.2 Å². The van der Waals surface area contributed by atoms with Gasteiger partial charge >= 0.3 is 6.03 Å². The van der Waals surface area contributed by atoms with E-state index in [0.717, 1.165) is 5.75 Å². The van der Waals surface area contributed by atoms with Crippen LogP contribution in [-0.2, 0) is 0 Å². The van der Waals surface area contributed by atoms with Crippen molar-refractivity contribution in [2.45, 2.75) is 25.8 Å². The molecule has 1 aliphatic heterocycles. The minimum Gasteiger partial charge on any atom is -0.486 e. The predicted octanol–water partition coefficient (Wildman–Crippen LogP) is 2.38. The highest BCUT2D eigenvalue weighted by atomic mass is 16.6. The van der Waals surface area contributed by atoms with Gasteiger partial charge in [-0.15, -0.1) is 0 Å². The Kier molecular flexibility index (Phi) is 3.19. The molecular formula is C14H18N2O3. The topological polar surface area (TPSA) is 59.6 Å². The van der Waals surface area contributed by atoms with Crippen molar-refractivity contribution in [1.29, 1.82) is 0 Å². The number of ether oxygens (including phenoxy) is 2. The fraction of sp³-hybridized carbons (Fsp3) is 0.500. The van der Waals surface area contributed by atoms with Crippen LogP contribution in [0.15, 0.2) is 18.2 Å². The molecule has 5 nitrogen and oxygen atoms in total. The maximum atomic E-state index is 11.8. The van der Waals surface area contributed by atoms with Gasteiger partial charge < -0.3 is 20.1 Å². The molecule has 1 atom stereocenters. The van der Waals surface area contributed by atoms with Crippen LogP contribution in [0.4, 0.5) is 10.5 Å². The first-order valence-electron chi connectivity index (χ1n) is 6.69. The second-order valence-corrected chi connectivity index (χ2v) is 5.08. The molecule has 1 saturated carbocycles. The Morgan fingerprint density at radius 2 is 2.00 bits per heavy atom. The first-order valence-corrected chi connectivity index (χ1v) is 6.69. The fourth-order valence-corrected chi connectivity index (χ4v) is 2.21. The lowest BCUT2D eigenvalue weighted by Gasteiger charge is -2.19. The molecule has 1 unspecified atom stereocenters. The Labute approximate surface area is 112 Å². The second-order valence-electron chi connectivity index (χ2n) is 5.08. The van der Waals surface area contributed by atoms with E-state index in [1.165, 1.54) is 12.8 Å². The van der Waals surface area contributed by atoms with Gasteiger partial charge in [0.15, 0.2) is 11.5 Å². The van der Waals surface area contributed by atoms with Crippen molar-refractivity contribution < 1.29 is 14.3 Å². The van der Waals surface area contributed by atoms with Crippen LogP contribution in [0, 0.1) is 5.92 Å². The molecule has 0 saturated heterocycles. The largest absolute Gasteiger partial charge is 0.486 e. The van der Waals surface area contributed by atoms with Gasteiger partial charge in [-0.05, 0) is 37.8 Å². The molecule has 0 radical (unpaired) electrons. The number of hydrogen-bond acceptors (Lipinski definition) is 3. The van der Waals surface area contributed by atoms with Crippen molar-refractivity contribution in [3.8, 4) is 11.5 Å². The van der Waals surface area contributed by atoms with Crippen molar-refractivity contribution in [2.24, 2.45) is 5.92 Å². The van der Waals surface area contributed by atoms with Gasteiger partial charge in [0, 0.05) is 17.8 Å². The van der Waals surface area contributed by atoms with Crippen LogP contribution in [0.25, 0.3) is 0 Å². The fourth-order valence-electron chi connectivity index (χ4n) is 2.21. The van der Waals surface area contributed by atoms with Crippen LogP contribution in [0.1, 0.15) is 19.8 Å². The summed E-state index contributed by atoms with van der Waals surface area (Å²) < 4.78 is 10.9. The van der Waals surface area contributed by atoms with Gasteiger partial charge in [0.1, 0.15) is 13.2 Å². The SMILES string of the molecule is CC(NC(=O)Nc1ccc2c(c1)OCCO2)C1CC1. The zero-order valence-electron chi connectivity index (χ0n) is 10.9. The summed E-state index contributed by atoms with van der Waals surface area (Å²) in [5.74, 6) is 2.05. The zero-order chi connectivity index (χ0) is 13.2. The van der Waals surface area contributed by atoms with Crippen molar-refractivity contribution in [1.82, 2.24) is 5.32 Å². The number of urea groups is 1. The number of hydrogen-bond donors (Lipinski definition) is 2. The lowest BCUT2D eigenvalue weighted by Crippen LogP contribution is -2.37. The quantitative estimate of drug-likeness (QED) is 0.879. The summed E-state index contributed by atoms with van der Waals surface area (Å²) in [7, 11) is 0. The number of carbonyl (C=O) groups excluding carboxylic acids is 1. The predicted molar refractivity (Wildman–Crippen MR) is 71.8 cm³/mol. The van der Waals surface area contributed by atoms with Crippen LogP contribution in [0.5, 0.6) is 11.5 Å². The van der Waals surface area contributed by atoms with Gasteiger partial charge in [-0.25, -0.2) is 4.79 Å². The molecule has 1 aromatic carbocycles. The summed E-state index contributed by atoms with van der Waals surface area (Å²) in [5.41, 5.74) is 0.713. The molecule has 2 amide bonds. The van der Waals surface area contributed by atoms with Crippen LogP contribution in [-0.4, -0.2) is 25.3 Å². The zero-order valence-corrected chi connectivity index (χ0v) is 10.9. The van der Waals surface area contributed by atoms with Crippen LogP contribution >= 0.6 is 0 Å². The van der Waals surface area contributed by atoms with Gasteiger partial charge in [-0.1, -0.05) is 0 Å². The lowest BCUT2D eigenvalue weighted by atomic mass is 10.2. The minimum atomic E-state index is -0.170. The summed E-state index contributed by atoms with van der Waals surface area (Å²) >= 11 is 0. The molecule has 0 aromatic heterocycles. The van der Waals surface area contributed by atoms with Gasteiger partial charge in [0.05, 0.1) is 0 Å². The molecule has 1 heterocycles. The lowest BCUT2D eigenvalue weighted by molar-refractivity contribution is 0.171. The van der Waals surface area contributed by atoms with Gasteiger partial charge in [-0.3, -0.25) is 0 Å². The Morgan fingerprint density at radius 1 is 1.26 bits per heavy atom. The number of rotatable bonds is 3. The molecular weight excluding hydrogens is 244 g/mol. The molecule has 3 rings (SSSR count). The molecule has 0 spiro atoms. The van der Waals surface area contributed by atoms with E-state index < -0.39 is 0 Å². The molecule has 19 heavy (non-hydrogen) atoms. The Morgan fingerprint density at radius 3 is 2.74 bits per heavy atom. The van der Waals surface area contributed by atoms with Crippen molar-refractivity contribution >= 4 is 11.7 Å². The number of nitrogens with one attached hydrogen (secondary N) is 2. The van der Waals surface area contributed by atoms with Crippen LogP contribution in [0.2, 0.25) is 0 Å². The molecule has 1 aliphatic carbocycles. The first-order chi connectivity index (χ1) is 9.22. The summed E-state index contributed by atoms with van der Waals surface area (Å²) in [5, 5.41) is 5.77. The van der Waals surface area contributed by atoms with Crippen molar-refractivity contribution in [3.63, 3.8) is 0 Å². The molecule has 0 bridgehead atoms. The highest BCUT2D eigenvalue weighted by molar-refractivity contribution is 5.89. The van der Waals surface area contributed by atoms with Crippen LogP contribution < -0.4 is 20.1 Å². The maximum Gasteiger partial charge on any atom is 0.319 e. The summed E-state index contributed by atoms with van der Waals surface area (Å²) in [4.78, 5) is 11.8. The Hall–Kier alpha value is -1.91. The number of fused-ring (bicyclic) bond motifs is 1. The Bertz CT molecular complexity index is 486. The van der Waals surface area contributed by atoms with E-state index >= 15 is 0 Å². The standard InChI is InChI=1S/C14H18N2O3/c1-9(10-2-3-10)15-14(17)16-11-4-5-12-13(8-11)19-7-6-18-12/h4-5,8-10H,2-3,6-7H2,1H3,(H2,15,16,17). The van der Waals surface area contributed by atoms with E-state index in [2.05, 4.69) is 10.6 Å². The second kappa shape index (κ2) is 4.99. The van der Waals surface area contributed by atoms with E-state index in [1.807, 2.05) is 19.1 Å². The molecule has 102 valence electrons. The number of benzene rings is 1. The molecule has 5 heteroatoms. The van der Waals surface area contributed by atoms with E-state index in [-0.39, 0.29) is 12.1 Å². The van der Waals surface area contributed by atoms with Gasteiger partial charge in [-0.2, -0.15) is 0 Å². The minimum absolute atomic E-state index is 0.170. The average Bonchev–Trinajstić information content (AvgIpc) is 3.22. The molecule has 2 N–H and O–H groups in total. The van der Waals surface area contributed by atoms with Crippen LogP contribution in [0.3, 0.4) is 0 Å². The highest BCUT2D eigenvalue weighted by Gasteiger charge is 2.28. The summed E-state index contributed by atoms with van der Waals surface area (Å²) in [6.07, 6.45) is 2.43. The summed E-state index contributed by atoms with van der Waals surface area (Å²) in [6.45, 7) is 3.15. The molecule has 1 fully saturated rings.